The number of aryl methyl sites for hydroxylation is 1. The Balaban J connectivity index is 2.31. The van der Waals surface area contributed by atoms with Gasteiger partial charge in [-0.2, -0.15) is 0 Å². The van der Waals surface area contributed by atoms with Crippen molar-refractivity contribution >= 4 is 29.2 Å². The Morgan fingerprint density at radius 3 is 2.70 bits per heavy atom. The van der Waals surface area contributed by atoms with Crippen molar-refractivity contribution in [2.24, 2.45) is 0 Å². The second-order valence-corrected chi connectivity index (χ2v) is 4.55. The SMILES string of the molecule is Cc1ccc(NC(=O)c2ncccc2C(=O)O)c(Cl)c1. The van der Waals surface area contributed by atoms with Gasteiger partial charge in [0.15, 0.2) is 0 Å². The van der Waals surface area contributed by atoms with Crippen molar-refractivity contribution in [3.8, 4) is 0 Å². The van der Waals surface area contributed by atoms with Crippen molar-refractivity contribution in [1.82, 2.24) is 4.98 Å². The molecule has 0 bridgehead atoms. The molecule has 2 aromatic rings. The second kappa shape index (κ2) is 5.71. The van der Waals surface area contributed by atoms with Crippen LogP contribution in [0.25, 0.3) is 0 Å². The first-order chi connectivity index (χ1) is 9.49. The quantitative estimate of drug-likeness (QED) is 0.911. The number of benzene rings is 1. The highest BCUT2D eigenvalue weighted by atomic mass is 35.5. The monoisotopic (exact) mass is 290 g/mol. The van der Waals surface area contributed by atoms with E-state index in [1.165, 1.54) is 18.3 Å². The Hall–Kier alpha value is -2.40. The highest BCUT2D eigenvalue weighted by molar-refractivity contribution is 6.34. The Labute approximate surface area is 120 Å². The normalized spacial score (nSPS) is 10.1. The Morgan fingerprint density at radius 1 is 1.30 bits per heavy atom. The molecule has 102 valence electrons. The average Bonchev–Trinajstić information content (AvgIpc) is 2.41. The molecule has 6 heteroatoms. The Kier molecular flexibility index (Phi) is 4.00. The summed E-state index contributed by atoms with van der Waals surface area (Å²) in [6, 6.07) is 7.92. The standard InChI is InChI=1S/C14H11ClN2O3/c1-8-4-5-11(10(15)7-8)17-13(18)12-9(14(19)20)3-2-6-16-12/h2-7H,1H3,(H,17,18)(H,19,20). The number of carboxylic acid groups (broad SMARTS) is 1. The van der Waals surface area contributed by atoms with Gasteiger partial charge in [-0.15, -0.1) is 0 Å². The minimum atomic E-state index is -1.21. The molecular weight excluding hydrogens is 280 g/mol. The van der Waals surface area contributed by atoms with Crippen LogP contribution in [0.15, 0.2) is 36.5 Å². The van der Waals surface area contributed by atoms with E-state index in [2.05, 4.69) is 10.3 Å². The molecule has 1 aromatic carbocycles. The van der Waals surface area contributed by atoms with E-state index < -0.39 is 11.9 Å². The van der Waals surface area contributed by atoms with Crippen LogP contribution in [-0.2, 0) is 0 Å². The highest BCUT2D eigenvalue weighted by Gasteiger charge is 2.18. The maximum atomic E-state index is 12.1. The minimum absolute atomic E-state index is 0.156. The van der Waals surface area contributed by atoms with Crippen LogP contribution < -0.4 is 5.32 Å². The van der Waals surface area contributed by atoms with Crippen molar-refractivity contribution in [3.05, 3.63) is 58.4 Å². The van der Waals surface area contributed by atoms with Crippen LogP contribution in [0.4, 0.5) is 5.69 Å². The first-order valence-electron chi connectivity index (χ1n) is 5.75. The van der Waals surface area contributed by atoms with E-state index in [4.69, 9.17) is 16.7 Å². The summed E-state index contributed by atoms with van der Waals surface area (Å²) >= 11 is 6.01. The van der Waals surface area contributed by atoms with E-state index >= 15 is 0 Å². The van der Waals surface area contributed by atoms with Gasteiger partial charge in [-0.1, -0.05) is 17.7 Å². The van der Waals surface area contributed by atoms with Gasteiger partial charge in [0.05, 0.1) is 16.3 Å². The number of nitrogens with zero attached hydrogens (tertiary/aromatic N) is 1. The van der Waals surface area contributed by atoms with E-state index in [0.717, 1.165) is 5.56 Å². The van der Waals surface area contributed by atoms with Crippen molar-refractivity contribution < 1.29 is 14.7 Å². The fourth-order valence-electron chi connectivity index (χ4n) is 1.66. The predicted octanol–water partition coefficient (Wildman–Crippen LogP) is 2.99. The summed E-state index contributed by atoms with van der Waals surface area (Å²) in [6.07, 6.45) is 1.36. The zero-order valence-corrected chi connectivity index (χ0v) is 11.3. The molecule has 2 rings (SSSR count). The number of carbonyl (C=O) groups is 2. The van der Waals surface area contributed by atoms with E-state index in [1.54, 1.807) is 18.2 Å². The number of hydrogen-bond donors (Lipinski definition) is 2. The summed E-state index contributed by atoms with van der Waals surface area (Å²) in [5.41, 5.74) is 1.05. The molecule has 0 aliphatic rings. The number of aromatic nitrogens is 1. The van der Waals surface area contributed by atoms with Crippen LogP contribution >= 0.6 is 11.6 Å². The maximum Gasteiger partial charge on any atom is 0.338 e. The number of carboxylic acids is 1. The van der Waals surface area contributed by atoms with Gasteiger partial charge in [0.25, 0.3) is 5.91 Å². The molecule has 0 aliphatic heterocycles. The number of amides is 1. The number of halogens is 1. The molecule has 20 heavy (non-hydrogen) atoms. The lowest BCUT2D eigenvalue weighted by Gasteiger charge is -2.08. The van der Waals surface area contributed by atoms with E-state index in [1.807, 2.05) is 6.92 Å². The molecule has 1 heterocycles. The third kappa shape index (κ3) is 2.95. The van der Waals surface area contributed by atoms with E-state index in [9.17, 15) is 9.59 Å². The minimum Gasteiger partial charge on any atom is -0.478 e. The molecule has 0 saturated carbocycles. The molecular formula is C14H11ClN2O3. The summed E-state index contributed by atoms with van der Waals surface area (Å²) in [5, 5.41) is 12.0. The predicted molar refractivity (Wildman–Crippen MR) is 75.3 cm³/mol. The average molecular weight is 291 g/mol. The zero-order chi connectivity index (χ0) is 14.7. The third-order valence-electron chi connectivity index (χ3n) is 2.63. The number of hydrogen-bond acceptors (Lipinski definition) is 3. The van der Waals surface area contributed by atoms with Gasteiger partial charge in [0.1, 0.15) is 5.69 Å². The largest absolute Gasteiger partial charge is 0.478 e. The summed E-state index contributed by atoms with van der Waals surface area (Å²) in [6.45, 7) is 1.87. The van der Waals surface area contributed by atoms with Crippen molar-refractivity contribution in [1.29, 1.82) is 0 Å². The fraction of sp³-hybridized carbons (Fsp3) is 0.0714. The van der Waals surface area contributed by atoms with Gasteiger partial charge < -0.3 is 10.4 Å². The van der Waals surface area contributed by atoms with Gasteiger partial charge in [-0.25, -0.2) is 4.79 Å². The number of carbonyl (C=O) groups excluding carboxylic acids is 1. The lowest BCUT2D eigenvalue weighted by molar-refractivity contribution is 0.0691. The van der Waals surface area contributed by atoms with Gasteiger partial charge in [0, 0.05) is 6.20 Å². The second-order valence-electron chi connectivity index (χ2n) is 4.14. The van der Waals surface area contributed by atoms with E-state index in [-0.39, 0.29) is 11.3 Å². The van der Waals surface area contributed by atoms with Gasteiger partial charge in [0.2, 0.25) is 0 Å². The summed E-state index contributed by atoms with van der Waals surface area (Å²) < 4.78 is 0. The highest BCUT2D eigenvalue weighted by Crippen LogP contribution is 2.23. The van der Waals surface area contributed by atoms with Crippen LogP contribution in [0.2, 0.25) is 5.02 Å². The van der Waals surface area contributed by atoms with Crippen LogP contribution in [0.3, 0.4) is 0 Å². The summed E-state index contributed by atoms with van der Waals surface area (Å²) in [4.78, 5) is 26.9. The fourth-order valence-corrected chi connectivity index (χ4v) is 1.94. The van der Waals surface area contributed by atoms with Crippen LogP contribution in [0.1, 0.15) is 26.4 Å². The number of nitrogens with one attached hydrogen (secondary N) is 1. The smallest absolute Gasteiger partial charge is 0.338 e. The number of pyridine rings is 1. The van der Waals surface area contributed by atoms with Crippen molar-refractivity contribution in [3.63, 3.8) is 0 Å². The lowest BCUT2D eigenvalue weighted by atomic mass is 10.1. The Bertz CT molecular complexity index is 686. The molecule has 1 aromatic heterocycles. The first kappa shape index (κ1) is 14.0. The van der Waals surface area contributed by atoms with Crippen LogP contribution in [0.5, 0.6) is 0 Å². The molecule has 0 unspecified atom stereocenters. The number of aromatic carboxylic acids is 1. The molecule has 0 atom stereocenters. The van der Waals surface area contributed by atoms with E-state index in [0.29, 0.717) is 10.7 Å². The number of rotatable bonds is 3. The molecule has 2 N–H and O–H groups in total. The third-order valence-corrected chi connectivity index (χ3v) is 2.94. The van der Waals surface area contributed by atoms with Crippen LogP contribution in [-0.4, -0.2) is 22.0 Å². The zero-order valence-electron chi connectivity index (χ0n) is 10.6. The summed E-state index contributed by atoms with van der Waals surface area (Å²) in [5.74, 6) is -1.83. The molecule has 0 aliphatic carbocycles. The number of anilines is 1. The maximum absolute atomic E-state index is 12.1. The lowest BCUT2D eigenvalue weighted by Crippen LogP contribution is -2.18. The van der Waals surface area contributed by atoms with Gasteiger partial charge >= 0.3 is 5.97 Å². The van der Waals surface area contributed by atoms with Gasteiger partial charge in [-0.3, -0.25) is 9.78 Å². The molecule has 0 fully saturated rings. The molecule has 5 nitrogen and oxygen atoms in total. The topological polar surface area (TPSA) is 79.3 Å². The van der Waals surface area contributed by atoms with Crippen molar-refractivity contribution in [2.75, 3.05) is 5.32 Å². The summed E-state index contributed by atoms with van der Waals surface area (Å²) in [7, 11) is 0. The van der Waals surface area contributed by atoms with Crippen molar-refractivity contribution in [2.45, 2.75) is 6.92 Å². The Morgan fingerprint density at radius 2 is 2.05 bits per heavy atom. The molecule has 0 radical (unpaired) electrons. The molecule has 0 saturated heterocycles. The first-order valence-corrected chi connectivity index (χ1v) is 6.12. The molecule has 1 amide bonds. The molecule has 0 spiro atoms. The van der Waals surface area contributed by atoms with Gasteiger partial charge in [-0.05, 0) is 36.8 Å². The van der Waals surface area contributed by atoms with Crippen LogP contribution in [0, 0.1) is 6.92 Å².